The monoisotopic (exact) mass is 144 g/mol. The lowest BCUT2D eigenvalue weighted by molar-refractivity contribution is -0.0979. The lowest BCUT2D eigenvalue weighted by atomic mass is 10.9. The van der Waals surface area contributed by atoms with Gasteiger partial charge in [-0.05, 0) is 6.92 Å². The Labute approximate surface area is 52.0 Å². The normalized spacial score (nSPS) is 9.14. The van der Waals surface area contributed by atoms with Crippen molar-refractivity contribution in [3.63, 3.8) is 0 Å². The van der Waals surface area contributed by atoms with E-state index in [4.69, 9.17) is 33.1 Å². The summed E-state index contributed by atoms with van der Waals surface area (Å²) in [6, 6.07) is 0. The molecule has 0 unspecified atom stereocenters. The number of halogens is 2. The summed E-state index contributed by atoms with van der Waals surface area (Å²) in [6.07, 6.45) is 0. The van der Waals surface area contributed by atoms with E-state index in [0.717, 1.165) is 0 Å². The maximum atomic E-state index is 8.05. The number of rotatable bonds is 0. The van der Waals surface area contributed by atoms with E-state index in [-0.39, 0.29) is 0 Å². The highest BCUT2D eigenvalue weighted by molar-refractivity contribution is 6.46. The molecule has 0 aliphatic heterocycles. The quantitative estimate of drug-likeness (QED) is 0.515. The van der Waals surface area contributed by atoms with Crippen LogP contribution in [0.2, 0.25) is 0 Å². The summed E-state index contributed by atoms with van der Waals surface area (Å²) >= 11 is 9.70. The summed E-state index contributed by atoms with van der Waals surface area (Å²) in [5.41, 5.74) is 0. The number of hydrogen-bond donors (Lipinski definition) is 1. The lowest BCUT2D eigenvalue weighted by Crippen LogP contribution is -2.00. The van der Waals surface area contributed by atoms with Gasteiger partial charge in [0.25, 0.3) is 0 Å². The highest BCUT2D eigenvalue weighted by atomic mass is 35.5. The SMILES string of the molecule is C=O.CC(O)(Cl)Cl. The molecule has 0 heterocycles. The summed E-state index contributed by atoms with van der Waals surface area (Å²) in [4.78, 5) is 8.00. The maximum Gasteiger partial charge on any atom is 0.212 e. The van der Waals surface area contributed by atoms with Crippen LogP contribution in [-0.2, 0) is 4.79 Å². The van der Waals surface area contributed by atoms with Gasteiger partial charge in [-0.2, -0.15) is 0 Å². The Morgan fingerprint density at radius 3 is 1.57 bits per heavy atom. The average molecular weight is 145 g/mol. The Morgan fingerprint density at radius 2 is 1.57 bits per heavy atom. The van der Waals surface area contributed by atoms with Crippen LogP contribution in [0.4, 0.5) is 0 Å². The molecule has 0 aromatic carbocycles. The predicted molar refractivity (Wildman–Crippen MR) is 29.5 cm³/mol. The van der Waals surface area contributed by atoms with Gasteiger partial charge >= 0.3 is 0 Å². The van der Waals surface area contributed by atoms with Crippen molar-refractivity contribution in [2.24, 2.45) is 0 Å². The highest BCUT2D eigenvalue weighted by Crippen LogP contribution is 2.12. The third kappa shape index (κ3) is 2500. The van der Waals surface area contributed by atoms with Crippen LogP contribution in [0.25, 0.3) is 0 Å². The van der Waals surface area contributed by atoms with E-state index < -0.39 is 4.52 Å². The fraction of sp³-hybridized carbons (Fsp3) is 0.667. The zero-order valence-corrected chi connectivity index (χ0v) is 5.33. The van der Waals surface area contributed by atoms with Gasteiger partial charge in [0.05, 0.1) is 0 Å². The van der Waals surface area contributed by atoms with Crippen LogP contribution in [0.15, 0.2) is 0 Å². The molecule has 1 N–H and O–H groups in total. The molecule has 0 saturated heterocycles. The molecule has 7 heavy (non-hydrogen) atoms. The van der Waals surface area contributed by atoms with E-state index in [1.54, 1.807) is 0 Å². The zero-order valence-electron chi connectivity index (χ0n) is 3.82. The number of hydrogen-bond acceptors (Lipinski definition) is 2. The van der Waals surface area contributed by atoms with Crippen molar-refractivity contribution in [1.29, 1.82) is 0 Å². The van der Waals surface area contributed by atoms with Crippen LogP contribution >= 0.6 is 23.2 Å². The summed E-state index contributed by atoms with van der Waals surface area (Å²) in [5.74, 6) is 0. The fourth-order valence-electron chi connectivity index (χ4n) is 0. The molecule has 0 amide bonds. The van der Waals surface area contributed by atoms with Crippen molar-refractivity contribution in [3.8, 4) is 0 Å². The van der Waals surface area contributed by atoms with Crippen molar-refractivity contribution in [1.82, 2.24) is 0 Å². The molecule has 0 aliphatic rings. The molecule has 4 heteroatoms. The molecule has 0 saturated carbocycles. The number of alkyl halides is 2. The van der Waals surface area contributed by atoms with Gasteiger partial charge < -0.3 is 9.90 Å². The van der Waals surface area contributed by atoms with Gasteiger partial charge in [0.15, 0.2) is 0 Å². The molecule has 0 fully saturated rings. The van der Waals surface area contributed by atoms with Crippen molar-refractivity contribution in [2.45, 2.75) is 11.4 Å². The second-order valence-corrected chi connectivity index (χ2v) is 2.51. The van der Waals surface area contributed by atoms with Crippen LogP contribution in [0.1, 0.15) is 6.92 Å². The Morgan fingerprint density at radius 1 is 1.57 bits per heavy atom. The smallest absolute Gasteiger partial charge is 0.212 e. The van der Waals surface area contributed by atoms with Crippen LogP contribution in [0.5, 0.6) is 0 Å². The van der Waals surface area contributed by atoms with Gasteiger partial charge in [-0.25, -0.2) is 0 Å². The summed E-state index contributed by atoms with van der Waals surface area (Å²) < 4.78 is -1.56. The minimum Gasteiger partial charge on any atom is -0.363 e. The Balaban J connectivity index is 0. The van der Waals surface area contributed by atoms with Crippen molar-refractivity contribution in [2.75, 3.05) is 0 Å². The maximum absolute atomic E-state index is 8.05. The average Bonchev–Trinajstić information content (AvgIpc) is 1.36. The number of aliphatic hydroxyl groups is 1. The lowest BCUT2D eigenvalue weighted by Gasteiger charge is -1.97. The van der Waals surface area contributed by atoms with E-state index in [1.807, 2.05) is 6.79 Å². The standard InChI is InChI=1S/C2H4Cl2O.CH2O/c1-2(3,4)5;1-2/h5H,1H3;1H2. The van der Waals surface area contributed by atoms with Crippen molar-refractivity contribution >= 4 is 30.0 Å². The molecule has 0 radical (unpaired) electrons. The molecule has 0 atom stereocenters. The van der Waals surface area contributed by atoms with E-state index in [0.29, 0.717) is 0 Å². The Kier molecular flexibility index (Phi) is 6.40. The molecule has 0 spiro atoms. The first-order chi connectivity index (χ1) is 3.00. The van der Waals surface area contributed by atoms with E-state index in [1.165, 1.54) is 6.92 Å². The molecule has 0 rings (SSSR count). The van der Waals surface area contributed by atoms with Crippen LogP contribution in [0.3, 0.4) is 0 Å². The van der Waals surface area contributed by atoms with Gasteiger partial charge in [-0.3, -0.25) is 0 Å². The summed E-state index contributed by atoms with van der Waals surface area (Å²) in [6.45, 7) is 3.27. The third-order valence-corrected chi connectivity index (χ3v) is 0. The van der Waals surface area contributed by atoms with Crippen molar-refractivity contribution in [3.05, 3.63) is 0 Å². The molecule has 2 nitrogen and oxygen atoms in total. The Bertz CT molecular complexity index is 34.7. The van der Waals surface area contributed by atoms with Gasteiger partial charge in [-0.15, -0.1) is 0 Å². The largest absolute Gasteiger partial charge is 0.363 e. The summed E-state index contributed by atoms with van der Waals surface area (Å²) in [5, 5.41) is 8.05. The first-order valence-corrected chi connectivity index (χ1v) is 2.15. The van der Waals surface area contributed by atoms with Gasteiger partial charge in [0, 0.05) is 0 Å². The first kappa shape index (κ1) is 10.2. The van der Waals surface area contributed by atoms with E-state index >= 15 is 0 Å². The van der Waals surface area contributed by atoms with Crippen LogP contribution < -0.4 is 0 Å². The minimum atomic E-state index is -1.56. The van der Waals surface area contributed by atoms with Gasteiger partial charge in [0.1, 0.15) is 6.79 Å². The topological polar surface area (TPSA) is 37.3 Å². The molecule has 0 bridgehead atoms. The summed E-state index contributed by atoms with van der Waals surface area (Å²) in [7, 11) is 0. The second kappa shape index (κ2) is 4.37. The molecular weight excluding hydrogens is 139 g/mol. The highest BCUT2D eigenvalue weighted by Gasteiger charge is 2.05. The van der Waals surface area contributed by atoms with Crippen molar-refractivity contribution < 1.29 is 9.90 Å². The van der Waals surface area contributed by atoms with Crippen LogP contribution in [0, 0.1) is 0 Å². The third-order valence-electron chi connectivity index (χ3n) is 0. The van der Waals surface area contributed by atoms with E-state index in [2.05, 4.69) is 0 Å². The molecule has 0 aliphatic carbocycles. The van der Waals surface area contributed by atoms with Crippen LogP contribution in [-0.4, -0.2) is 16.4 Å². The van der Waals surface area contributed by atoms with Gasteiger partial charge in [-0.1, -0.05) is 23.2 Å². The molecule has 0 aromatic heterocycles. The minimum absolute atomic E-state index is 1.27. The fourth-order valence-corrected chi connectivity index (χ4v) is 0. The zero-order chi connectivity index (χ0) is 6.50. The molecular formula is C3H6Cl2O2. The van der Waals surface area contributed by atoms with E-state index in [9.17, 15) is 0 Å². The molecule has 44 valence electrons. The molecule has 0 aromatic rings. The van der Waals surface area contributed by atoms with Gasteiger partial charge in [0.2, 0.25) is 4.52 Å². The Hall–Kier alpha value is 0.210. The predicted octanol–water partition coefficient (Wildman–Crippen LogP) is 0.945. The number of carbonyl (C=O) groups excluding carboxylic acids is 1. The second-order valence-electron chi connectivity index (χ2n) is 0.842. The number of carbonyl (C=O) groups is 1. The first-order valence-electron chi connectivity index (χ1n) is 1.39.